The molecule has 0 saturated carbocycles. The highest BCUT2D eigenvalue weighted by Crippen LogP contribution is 2.12. The lowest BCUT2D eigenvalue weighted by molar-refractivity contribution is -0.384. The van der Waals surface area contributed by atoms with E-state index in [9.17, 15) is 18.5 Å². The maximum Gasteiger partial charge on any atom is 0.270 e. The van der Waals surface area contributed by atoms with E-state index in [1.807, 2.05) is 0 Å². The van der Waals surface area contributed by atoms with Crippen molar-refractivity contribution >= 4 is 21.7 Å². The third-order valence-electron chi connectivity index (χ3n) is 2.78. The minimum absolute atomic E-state index is 0.00704. The van der Waals surface area contributed by atoms with E-state index in [2.05, 4.69) is 10.5 Å². The first-order chi connectivity index (χ1) is 8.96. The normalized spacial score (nSPS) is 21.6. The zero-order valence-corrected chi connectivity index (χ0v) is 10.8. The van der Waals surface area contributed by atoms with Crippen molar-refractivity contribution in [2.75, 3.05) is 11.5 Å². The first kappa shape index (κ1) is 13.5. The molecule has 7 nitrogen and oxygen atoms in total. The number of sulfone groups is 1. The molecule has 1 atom stereocenters. The summed E-state index contributed by atoms with van der Waals surface area (Å²) in [6.07, 6.45) is 1.98. The second-order valence-corrected chi connectivity index (χ2v) is 6.57. The van der Waals surface area contributed by atoms with Crippen molar-refractivity contribution in [3.8, 4) is 0 Å². The van der Waals surface area contributed by atoms with Crippen LogP contribution in [0.5, 0.6) is 0 Å². The van der Waals surface area contributed by atoms with Gasteiger partial charge in [0.1, 0.15) is 0 Å². The third kappa shape index (κ3) is 3.75. The van der Waals surface area contributed by atoms with Crippen LogP contribution in [0.4, 0.5) is 5.69 Å². The average molecular weight is 283 g/mol. The van der Waals surface area contributed by atoms with Gasteiger partial charge in [-0.15, -0.1) is 0 Å². The molecule has 0 radical (unpaired) electrons. The monoisotopic (exact) mass is 283 g/mol. The van der Waals surface area contributed by atoms with Crippen LogP contribution in [0.2, 0.25) is 0 Å². The molecule has 1 aromatic rings. The van der Waals surface area contributed by atoms with Crippen molar-refractivity contribution in [2.45, 2.75) is 12.5 Å². The zero-order valence-electron chi connectivity index (χ0n) is 10.0. The van der Waals surface area contributed by atoms with Gasteiger partial charge in [-0.3, -0.25) is 10.1 Å². The highest BCUT2D eigenvalue weighted by Gasteiger charge is 2.27. The molecule has 1 heterocycles. The number of nitrogens with one attached hydrogen (secondary N) is 1. The van der Waals surface area contributed by atoms with E-state index in [4.69, 9.17) is 0 Å². The highest BCUT2D eigenvalue weighted by atomic mass is 32.2. The van der Waals surface area contributed by atoms with Gasteiger partial charge in [0.25, 0.3) is 5.69 Å². The number of benzene rings is 1. The lowest BCUT2D eigenvalue weighted by Gasteiger charge is -2.05. The molecule has 0 unspecified atom stereocenters. The molecule has 0 aromatic heterocycles. The predicted molar refractivity (Wildman–Crippen MR) is 70.9 cm³/mol. The smallest absolute Gasteiger partial charge is 0.270 e. The maximum atomic E-state index is 11.2. The summed E-state index contributed by atoms with van der Waals surface area (Å²) in [6.45, 7) is 0. The maximum absolute atomic E-state index is 11.2. The van der Waals surface area contributed by atoms with Gasteiger partial charge in [0.2, 0.25) is 0 Å². The number of hydrogen-bond donors (Lipinski definition) is 1. The van der Waals surface area contributed by atoms with Crippen LogP contribution >= 0.6 is 0 Å². The molecule has 0 bridgehead atoms. The topological polar surface area (TPSA) is 102 Å². The zero-order chi connectivity index (χ0) is 13.9. The third-order valence-corrected chi connectivity index (χ3v) is 4.55. The number of hydrogen-bond acceptors (Lipinski definition) is 6. The molecule has 1 aliphatic heterocycles. The van der Waals surface area contributed by atoms with E-state index in [0.29, 0.717) is 12.0 Å². The van der Waals surface area contributed by atoms with E-state index in [0.717, 1.165) is 0 Å². The fraction of sp³-hybridized carbons (Fsp3) is 0.364. The number of nitrogens with zero attached hydrogens (tertiary/aromatic N) is 2. The number of rotatable bonds is 4. The van der Waals surface area contributed by atoms with Crippen molar-refractivity contribution < 1.29 is 13.3 Å². The summed E-state index contributed by atoms with van der Waals surface area (Å²) in [6, 6.07) is 5.87. The lowest BCUT2D eigenvalue weighted by Crippen LogP contribution is -2.25. The van der Waals surface area contributed by atoms with Crippen molar-refractivity contribution in [1.82, 2.24) is 5.43 Å². The van der Waals surface area contributed by atoms with Crippen molar-refractivity contribution in [3.63, 3.8) is 0 Å². The minimum Gasteiger partial charge on any atom is -0.306 e. The van der Waals surface area contributed by atoms with E-state index >= 15 is 0 Å². The van der Waals surface area contributed by atoms with Gasteiger partial charge in [-0.2, -0.15) is 5.10 Å². The summed E-state index contributed by atoms with van der Waals surface area (Å²) >= 11 is 0. The summed E-state index contributed by atoms with van der Waals surface area (Å²) in [5.41, 5.74) is 3.33. The number of nitro groups is 1. The summed E-state index contributed by atoms with van der Waals surface area (Å²) in [5, 5.41) is 14.5. The van der Waals surface area contributed by atoms with Crippen LogP contribution in [0.1, 0.15) is 12.0 Å². The highest BCUT2D eigenvalue weighted by molar-refractivity contribution is 7.91. The Morgan fingerprint density at radius 1 is 1.47 bits per heavy atom. The molecule has 1 N–H and O–H groups in total. The van der Waals surface area contributed by atoms with Crippen molar-refractivity contribution in [3.05, 3.63) is 39.9 Å². The number of non-ortho nitro benzene ring substituents is 1. The van der Waals surface area contributed by atoms with Gasteiger partial charge in [0, 0.05) is 17.7 Å². The first-order valence-electron chi connectivity index (χ1n) is 5.70. The van der Waals surface area contributed by atoms with E-state index in [1.165, 1.54) is 18.3 Å². The molecular weight excluding hydrogens is 270 g/mol. The fourth-order valence-electron chi connectivity index (χ4n) is 1.83. The van der Waals surface area contributed by atoms with E-state index in [1.54, 1.807) is 12.1 Å². The van der Waals surface area contributed by atoms with E-state index in [-0.39, 0.29) is 23.2 Å². The van der Waals surface area contributed by atoms with E-state index < -0.39 is 14.8 Å². The average Bonchev–Trinajstić information content (AvgIpc) is 2.69. The van der Waals surface area contributed by atoms with Gasteiger partial charge in [-0.25, -0.2) is 8.42 Å². The summed E-state index contributed by atoms with van der Waals surface area (Å²) in [7, 11) is -2.93. The molecule has 1 aromatic carbocycles. The molecule has 19 heavy (non-hydrogen) atoms. The summed E-state index contributed by atoms with van der Waals surface area (Å²) in [4.78, 5) is 10.1. The molecule has 102 valence electrons. The first-order valence-corrected chi connectivity index (χ1v) is 7.52. The molecule has 1 aliphatic rings. The Morgan fingerprint density at radius 3 is 2.89 bits per heavy atom. The van der Waals surface area contributed by atoms with Crippen molar-refractivity contribution in [2.24, 2.45) is 5.10 Å². The molecular formula is C11H13N3O4S. The SMILES string of the molecule is O=[N+]([O-])c1cccc(/C=N\N[C@@H]2CCS(=O)(=O)C2)c1. The minimum atomic E-state index is -2.93. The lowest BCUT2D eigenvalue weighted by atomic mass is 10.2. The largest absolute Gasteiger partial charge is 0.306 e. The van der Waals surface area contributed by atoms with Gasteiger partial charge in [-0.05, 0) is 6.42 Å². The van der Waals surface area contributed by atoms with Crippen LogP contribution in [-0.4, -0.2) is 37.1 Å². The van der Waals surface area contributed by atoms with Crippen LogP contribution in [0.15, 0.2) is 29.4 Å². The van der Waals surface area contributed by atoms with Gasteiger partial charge >= 0.3 is 0 Å². The molecule has 1 fully saturated rings. The number of nitro benzene ring substituents is 1. The van der Waals surface area contributed by atoms with Gasteiger partial charge in [0.05, 0.1) is 28.7 Å². The summed E-state index contributed by atoms with van der Waals surface area (Å²) < 4.78 is 22.5. The van der Waals surface area contributed by atoms with Crippen LogP contribution in [0.3, 0.4) is 0 Å². The molecule has 0 aliphatic carbocycles. The van der Waals surface area contributed by atoms with Crippen LogP contribution in [0, 0.1) is 10.1 Å². The van der Waals surface area contributed by atoms with Crippen molar-refractivity contribution in [1.29, 1.82) is 0 Å². The fourth-order valence-corrected chi connectivity index (χ4v) is 3.50. The standard InChI is InChI=1S/C11H13N3O4S/c15-14(16)11-3-1-2-9(6-11)7-12-13-10-4-5-19(17,18)8-10/h1-3,6-7,10,13H,4-5,8H2/b12-7-/t10-/m1/s1. The second-order valence-electron chi connectivity index (χ2n) is 4.34. The molecule has 8 heteroatoms. The van der Waals surface area contributed by atoms with Gasteiger partial charge in [0.15, 0.2) is 9.84 Å². The Bertz CT molecular complexity index is 612. The van der Waals surface area contributed by atoms with Crippen LogP contribution < -0.4 is 5.43 Å². The Morgan fingerprint density at radius 2 is 2.26 bits per heavy atom. The molecule has 0 spiro atoms. The summed E-state index contributed by atoms with van der Waals surface area (Å²) in [5.74, 6) is 0.260. The predicted octanol–water partition coefficient (Wildman–Crippen LogP) is 0.705. The Labute approximate surface area is 110 Å². The Kier molecular flexibility index (Phi) is 3.79. The molecule has 1 saturated heterocycles. The molecule has 2 rings (SSSR count). The Hall–Kier alpha value is -1.96. The number of hydrazone groups is 1. The Balaban J connectivity index is 1.96. The van der Waals surface area contributed by atoms with Crippen LogP contribution in [-0.2, 0) is 9.84 Å². The van der Waals surface area contributed by atoms with Gasteiger partial charge < -0.3 is 5.43 Å². The van der Waals surface area contributed by atoms with Gasteiger partial charge in [-0.1, -0.05) is 12.1 Å². The second kappa shape index (κ2) is 5.35. The quantitative estimate of drug-likeness (QED) is 0.498. The molecule has 0 amide bonds. The van der Waals surface area contributed by atoms with Crippen LogP contribution in [0.25, 0.3) is 0 Å².